The standard InChI is InChI=1S/C93H143N23O24S2/c1-58(117)104-69(35-47-141)86(132)112-72(50-61-52-99-57-103-61)89(135)110-70(48-59-22-7-6-8-23-59)87(133)107-67(29-19-39-101-93(96)97)84(130)111-71(49-60-51-102-63-25-11-10-24-62(60)63)88(134)113-73(56-142)91(137)116-43-21-31-75(116)92(138)115-42-20-30-74(115)90(136)109-66(27-12-15-36-94)83(129)108-68(33-34-78(121)122)85(131)106-65(28-14-18-41-114(53-79(123)124)54-80(125)126)82(128)105-64(81(95)127)26-13-17-38-100-76(118)55-140-46-45-139-44-40-98-37-16-5-3-2-4-9-32-77(119)120/h6-8,10-11,22-25,51-52,57,64-75,98,102,141-142H,2-5,9,12-21,26-50,53-56,94H2,1H3,(H2,95,127)(H,99,103)(H,100,118)(H,104,117)(H,105,128)(H,106,131)(H,107,133)(H,108,129)(H,109,136)(H,110,135)(H,111,130)(H,112,132)(H,113,134)(H,119,120)(H,121,122)(H,123,124)(H,125,126)(H4,96,97,101)/t64-,65-,66-,67-,68-,69-,70+,71-,72-,73?,74-,75-/m0/s1. The minimum absolute atomic E-state index is 0.000950. The van der Waals surface area contributed by atoms with Crippen LogP contribution in [0.4, 0.5) is 0 Å². The number of aromatic amines is 2. The Labute approximate surface area is 834 Å². The molecule has 2 fully saturated rings. The number of carboxylic acid groups (broad SMARTS) is 4. The molecule has 2 aliphatic heterocycles. The molecule has 12 atom stereocenters. The minimum Gasteiger partial charge on any atom is -0.481 e. The van der Waals surface area contributed by atoms with Gasteiger partial charge in [-0.3, -0.25) is 96.6 Å². The van der Waals surface area contributed by atoms with Gasteiger partial charge >= 0.3 is 23.9 Å². The van der Waals surface area contributed by atoms with E-state index in [9.17, 15) is 77.6 Å². The maximum Gasteiger partial charge on any atom is 0.317 e. The van der Waals surface area contributed by atoms with E-state index in [1.54, 1.807) is 60.8 Å². The Kier molecular flexibility index (Phi) is 54.5. The van der Waals surface area contributed by atoms with Gasteiger partial charge in [0.25, 0.3) is 0 Å². The zero-order valence-electron chi connectivity index (χ0n) is 80.3. The smallest absolute Gasteiger partial charge is 0.317 e. The molecule has 26 N–H and O–H groups in total. The zero-order valence-corrected chi connectivity index (χ0v) is 82.1. The first-order valence-corrected chi connectivity index (χ1v) is 49.6. The lowest BCUT2D eigenvalue weighted by atomic mass is 10.0. The van der Waals surface area contributed by atoms with Crippen LogP contribution in [-0.4, -0.2) is 338 Å². The molecule has 2 aromatic carbocycles. The molecule has 4 aromatic rings. The summed E-state index contributed by atoms with van der Waals surface area (Å²) in [6.07, 6.45) is 9.78. The van der Waals surface area contributed by atoms with Crippen LogP contribution in [0.5, 0.6) is 0 Å². The topological polar surface area (TPSA) is 719 Å². The summed E-state index contributed by atoms with van der Waals surface area (Å²) >= 11 is 8.77. The molecule has 0 saturated carbocycles. The van der Waals surface area contributed by atoms with Crippen LogP contribution in [0.1, 0.15) is 184 Å². The van der Waals surface area contributed by atoms with Crippen molar-refractivity contribution in [3.05, 3.63) is 90.1 Å². The van der Waals surface area contributed by atoms with Gasteiger partial charge in [0.1, 0.15) is 79.1 Å². The van der Waals surface area contributed by atoms with Crippen LogP contribution >= 0.6 is 25.3 Å². The van der Waals surface area contributed by atoms with E-state index in [0.717, 1.165) is 43.5 Å². The average molecular weight is 2030 g/mol. The molecule has 142 heavy (non-hydrogen) atoms. The van der Waals surface area contributed by atoms with Gasteiger partial charge in [-0.1, -0.05) is 74.2 Å². The third kappa shape index (κ3) is 44.3. The number of aliphatic carboxylic acids is 4. The fraction of sp³-hybridized carbons (Fsp3) is 0.613. The Hall–Kier alpha value is -12.6. The number of unbranched alkanes of at least 4 members (excludes halogenated alkanes) is 8. The largest absolute Gasteiger partial charge is 0.481 e. The summed E-state index contributed by atoms with van der Waals surface area (Å²) in [5, 5.41) is 81.6. The number of ether oxygens (including phenoxy) is 2. The molecule has 0 aliphatic carbocycles. The summed E-state index contributed by atoms with van der Waals surface area (Å²) in [5.74, 6) is -17.0. The first-order chi connectivity index (χ1) is 68.1. The van der Waals surface area contributed by atoms with Gasteiger partial charge in [-0.15, -0.1) is 0 Å². The molecule has 786 valence electrons. The number of H-pyrrole nitrogens is 2. The van der Waals surface area contributed by atoms with Crippen molar-refractivity contribution in [3.8, 4) is 0 Å². The number of hydrogen-bond donors (Lipinski definition) is 25. The summed E-state index contributed by atoms with van der Waals surface area (Å²) in [6.45, 7) is 2.07. The number of hydrogen-bond acceptors (Lipinski definition) is 27. The average Bonchev–Trinajstić information content (AvgIpc) is 1.65. The highest BCUT2D eigenvalue weighted by atomic mass is 32.1. The number of rotatable bonds is 73. The number of primary amides is 1. The lowest BCUT2D eigenvalue weighted by Crippen LogP contribution is -2.61. The molecule has 0 bridgehead atoms. The Morgan fingerprint density at radius 1 is 0.493 bits per heavy atom. The number of fused-ring (bicyclic) bond motifs is 1. The van der Waals surface area contributed by atoms with Crippen LogP contribution < -0.4 is 86.3 Å². The molecule has 14 amide bonds. The van der Waals surface area contributed by atoms with E-state index >= 15 is 24.0 Å². The lowest BCUT2D eigenvalue weighted by Gasteiger charge is -2.33. The van der Waals surface area contributed by atoms with Crippen LogP contribution in [0.15, 0.2) is 73.3 Å². The number of nitrogens with two attached hydrogens (primary N) is 3. The van der Waals surface area contributed by atoms with E-state index in [1.807, 2.05) is 0 Å². The van der Waals surface area contributed by atoms with E-state index in [4.69, 9.17) is 37.2 Å². The number of benzene rings is 2. The molecule has 2 aromatic heterocycles. The second-order valence-corrected chi connectivity index (χ2v) is 35.8. The Balaban J connectivity index is 1.15. The van der Waals surface area contributed by atoms with Gasteiger partial charge in [0, 0.05) is 101 Å². The predicted molar refractivity (Wildman–Crippen MR) is 526 cm³/mol. The number of nitrogens with one attached hydrogen (secondary N) is 16. The molecule has 6 rings (SSSR count). The molecule has 4 heterocycles. The number of likely N-dealkylation sites (tertiary alicyclic amines) is 2. The van der Waals surface area contributed by atoms with Gasteiger partial charge in [0.15, 0.2) is 5.96 Å². The molecule has 2 aliphatic rings. The highest BCUT2D eigenvalue weighted by Crippen LogP contribution is 2.28. The van der Waals surface area contributed by atoms with Crippen molar-refractivity contribution in [1.29, 1.82) is 5.41 Å². The van der Waals surface area contributed by atoms with Crippen molar-refractivity contribution in [1.82, 2.24) is 98.8 Å². The Morgan fingerprint density at radius 3 is 1.59 bits per heavy atom. The van der Waals surface area contributed by atoms with Crippen molar-refractivity contribution in [2.24, 2.45) is 17.2 Å². The van der Waals surface area contributed by atoms with Gasteiger partial charge in [-0.25, -0.2) is 4.98 Å². The number of carbonyl (C=O) groups is 18. The molecule has 49 heteroatoms. The summed E-state index contributed by atoms with van der Waals surface area (Å²) < 4.78 is 11.0. The maximum absolute atomic E-state index is 15.2. The second-order valence-electron chi connectivity index (χ2n) is 35.0. The zero-order chi connectivity index (χ0) is 104. The third-order valence-corrected chi connectivity index (χ3v) is 24.4. The SMILES string of the molecule is CC(=O)N[C@@H](CCS)C(=O)N[C@@H](Cc1c[nH]cn1)C(=O)N[C@H](Cc1ccccc1)C(=O)N[C@@H](CCCNC(=N)N)C(=O)N[C@@H](Cc1c[nH]c2ccccc12)C(=O)NC(CS)C(=O)N1CCC[C@H]1C(=O)N1CCC[C@H]1C(=O)N[C@@H](CCCCN)C(=O)N[C@@H](CCC(=O)O)C(=O)N[C@@H](CCCCN(CC(=O)O)CC(=O)O)C(=O)N[C@@H](CCCCNC(=O)COCCOCCNCCCCCCCCC(=O)O)C(N)=O. The van der Waals surface area contributed by atoms with Crippen molar-refractivity contribution < 1.29 is 116 Å². The van der Waals surface area contributed by atoms with Gasteiger partial charge < -0.3 is 136 Å². The van der Waals surface area contributed by atoms with Gasteiger partial charge in [0.2, 0.25) is 82.7 Å². The minimum atomic E-state index is -1.75. The molecular weight excluding hydrogens is 1890 g/mol. The van der Waals surface area contributed by atoms with Gasteiger partial charge in [0.05, 0.1) is 44.9 Å². The Morgan fingerprint density at radius 2 is 1.00 bits per heavy atom. The number of nitrogens with zero attached hydrogens (tertiary/aromatic N) is 4. The fourth-order valence-electron chi connectivity index (χ4n) is 16.4. The van der Waals surface area contributed by atoms with E-state index in [0.29, 0.717) is 60.1 Å². The van der Waals surface area contributed by atoms with E-state index < -0.39 is 211 Å². The van der Waals surface area contributed by atoms with E-state index in [2.05, 4.69) is 109 Å². The highest BCUT2D eigenvalue weighted by Gasteiger charge is 2.46. The highest BCUT2D eigenvalue weighted by molar-refractivity contribution is 7.80. The van der Waals surface area contributed by atoms with Crippen molar-refractivity contribution in [2.45, 2.75) is 259 Å². The van der Waals surface area contributed by atoms with Gasteiger partial charge in [-0.05, 0) is 165 Å². The maximum atomic E-state index is 15.2. The predicted octanol–water partition coefficient (Wildman–Crippen LogP) is -1.87. The summed E-state index contributed by atoms with van der Waals surface area (Å²) in [6, 6.07) is -1.51. The first kappa shape index (κ1) is 118. The lowest BCUT2D eigenvalue weighted by molar-refractivity contribution is -0.148. The number of aromatic nitrogens is 3. The quantitative estimate of drug-likeness (QED) is 0.00996. The van der Waals surface area contributed by atoms with Gasteiger partial charge in [-0.2, -0.15) is 25.3 Å². The second kappa shape index (κ2) is 65.5. The van der Waals surface area contributed by atoms with Crippen LogP contribution in [0, 0.1) is 5.41 Å². The van der Waals surface area contributed by atoms with Crippen molar-refractivity contribution in [2.75, 3.05) is 103 Å². The molecule has 0 spiro atoms. The van der Waals surface area contributed by atoms with Crippen LogP contribution in [0.3, 0.4) is 0 Å². The first-order valence-electron chi connectivity index (χ1n) is 48.3. The number of carbonyl (C=O) groups excluding carboxylic acids is 14. The molecule has 0 radical (unpaired) electrons. The summed E-state index contributed by atoms with van der Waals surface area (Å²) in [5.41, 5.74) is 19.4. The van der Waals surface area contributed by atoms with Crippen molar-refractivity contribution in [3.63, 3.8) is 0 Å². The number of carboxylic acids is 4. The number of guanidine groups is 1. The number of amides is 14. The molecule has 47 nitrogen and oxygen atoms in total. The normalized spacial score (nSPS) is 15.5. The van der Waals surface area contributed by atoms with Crippen LogP contribution in [0.25, 0.3) is 10.9 Å². The molecule has 1 unspecified atom stereocenters. The number of para-hydroxylation sites is 1. The summed E-state index contributed by atoms with van der Waals surface area (Å²) in [4.78, 5) is 261. The number of thiol groups is 2. The fourth-order valence-corrected chi connectivity index (χ4v) is 16.9. The monoisotopic (exact) mass is 2030 g/mol. The number of imidazole rings is 1. The van der Waals surface area contributed by atoms with E-state index in [1.165, 1.54) is 29.2 Å². The van der Waals surface area contributed by atoms with Crippen LogP contribution in [0.2, 0.25) is 0 Å². The summed E-state index contributed by atoms with van der Waals surface area (Å²) in [7, 11) is 0. The van der Waals surface area contributed by atoms with E-state index in [-0.39, 0.29) is 186 Å². The Bertz CT molecular complexity index is 4740. The molecule has 2 saturated heterocycles. The van der Waals surface area contributed by atoms with Crippen LogP contribution in [-0.2, 0) is 115 Å². The molecular formula is C93H143N23O24S2. The van der Waals surface area contributed by atoms with Crippen molar-refractivity contribution >= 4 is 149 Å². The third-order valence-electron chi connectivity index (χ3n) is 23.8.